The molecule has 0 aliphatic rings. The number of aliphatic hydroxyl groups is 2. The fourth-order valence-corrected chi connectivity index (χ4v) is 1.60. The van der Waals surface area contributed by atoms with Gasteiger partial charge in [-0.05, 0) is 18.0 Å². The molecule has 20 heavy (non-hydrogen) atoms. The van der Waals surface area contributed by atoms with Gasteiger partial charge < -0.3 is 10.2 Å². The standard InChI is InChI=1S/C10H10F2N4O4/c11-5-3-6(9(16(19)20)7(12)4-5)10(18)8(17)1-2-14-15-13/h3-4,8,10,17-18H,1-2H2. The van der Waals surface area contributed by atoms with Crippen molar-refractivity contribution < 1.29 is 23.9 Å². The van der Waals surface area contributed by atoms with Gasteiger partial charge in [0.15, 0.2) is 0 Å². The van der Waals surface area contributed by atoms with E-state index in [4.69, 9.17) is 5.53 Å². The van der Waals surface area contributed by atoms with Crippen LogP contribution < -0.4 is 0 Å². The average Bonchev–Trinajstić information content (AvgIpc) is 2.36. The third kappa shape index (κ3) is 3.60. The third-order valence-electron chi connectivity index (χ3n) is 2.51. The lowest BCUT2D eigenvalue weighted by Crippen LogP contribution is -2.20. The van der Waals surface area contributed by atoms with Crippen molar-refractivity contribution in [3.8, 4) is 0 Å². The monoisotopic (exact) mass is 288 g/mol. The Hall–Kier alpha value is -2.29. The third-order valence-corrected chi connectivity index (χ3v) is 2.51. The number of rotatable bonds is 6. The highest BCUT2D eigenvalue weighted by molar-refractivity contribution is 5.43. The molecule has 1 aromatic carbocycles. The Kier molecular flexibility index (Phi) is 5.32. The Bertz CT molecular complexity index is 562. The number of hydrogen-bond donors (Lipinski definition) is 2. The molecule has 0 radical (unpaired) electrons. The van der Waals surface area contributed by atoms with E-state index in [-0.39, 0.29) is 13.0 Å². The van der Waals surface area contributed by atoms with E-state index < -0.39 is 40.0 Å². The van der Waals surface area contributed by atoms with Crippen LogP contribution in [0.2, 0.25) is 0 Å². The van der Waals surface area contributed by atoms with Crippen molar-refractivity contribution in [3.63, 3.8) is 0 Å². The summed E-state index contributed by atoms with van der Waals surface area (Å²) in [6.07, 6.45) is -3.67. The van der Waals surface area contributed by atoms with Crippen molar-refractivity contribution in [3.05, 3.63) is 49.9 Å². The molecule has 0 saturated heterocycles. The molecule has 1 aromatic rings. The van der Waals surface area contributed by atoms with Gasteiger partial charge in [0, 0.05) is 17.5 Å². The topological polar surface area (TPSA) is 132 Å². The zero-order valence-electron chi connectivity index (χ0n) is 9.98. The molecule has 0 heterocycles. The van der Waals surface area contributed by atoms with Gasteiger partial charge in [0.2, 0.25) is 5.82 Å². The van der Waals surface area contributed by atoms with Crippen LogP contribution in [0.15, 0.2) is 17.2 Å². The number of nitrogens with zero attached hydrogens (tertiary/aromatic N) is 4. The first-order valence-electron chi connectivity index (χ1n) is 5.38. The molecule has 0 aliphatic heterocycles. The minimum Gasteiger partial charge on any atom is -0.390 e. The fourth-order valence-electron chi connectivity index (χ4n) is 1.60. The molecule has 0 aliphatic carbocycles. The Morgan fingerprint density at radius 3 is 2.65 bits per heavy atom. The molecule has 8 nitrogen and oxygen atoms in total. The Morgan fingerprint density at radius 2 is 2.10 bits per heavy atom. The van der Waals surface area contributed by atoms with Crippen molar-refractivity contribution >= 4 is 5.69 Å². The smallest absolute Gasteiger partial charge is 0.310 e. The van der Waals surface area contributed by atoms with E-state index in [2.05, 4.69) is 10.0 Å². The fraction of sp³-hybridized carbons (Fsp3) is 0.400. The maximum Gasteiger partial charge on any atom is 0.310 e. The van der Waals surface area contributed by atoms with Gasteiger partial charge in [0.25, 0.3) is 0 Å². The first-order valence-corrected chi connectivity index (χ1v) is 5.38. The van der Waals surface area contributed by atoms with Crippen molar-refractivity contribution in [2.24, 2.45) is 5.11 Å². The van der Waals surface area contributed by atoms with Crippen LogP contribution in [0.1, 0.15) is 18.1 Å². The molecule has 0 saturated carbocycles. The summed E-state index contributed by atoms with van der Waals surface area (Å²) in [6.45, 7) is -0.180. The summed E-state index contributed by atoms with van der Waals surface area (Å²) in [6, 6.07) is 0.878. The predicted octanol–water partition coefficient (Wildman–Crippen LogP) is 1.97. The van der Waals surface area contributed by atoms with Gasteiger partial charge in [-0.3, -0.25) is 10.1 Å². The summed E-state index contributed by atoms with van der Waals surface area (Å²) in [7, 11) is 0. The lowest BCUT2D eigenvalue weighted by molar-refractivity contribution is -0.389. The van der Waals surface area contributed by atoms with E-state index in [0.717, 1.165) is 0 Å². The summed E-state index contributed by atoms with van der Waals surface area (Å²) in [5, 5.41) is 33.2. The summed E-state index contributed by atoms with van der Waals surface area (Å²) in [4.78, 5) is 12.0. The van der Waals surface area contributed by atoms with E-state index in [1.807, 2.05) is 0 Å². The summed E-state index contributed by atoms with van der Waals surface area (Å²) in [5.41, 5.74) is 6.26. The maximum atomic E-state index is 13.4. The largest absolute Gasteiger partial charge is 0.390 e. The molecule has 0 aromatic heterocycles. The molecule has 0 fully saturated rings. The highest BCUT2D eigenvalue weighted by atomic mass is 19.1. The SMILES string of the molecule is [N-]=[N+]=NCCC(O)C(O)c1cc(F)cc(F)c1[N+](=O)[O-]. The number of nitro groups is 1. The lowest BCUT2D eigenvalue weighted by atomic mass is 10.00. The first-order chi connectivity index (χ1) is 9.38. The van der Waals surface area contributed by atoms with Crippen LogP contribution in [-0.4, -0.2) is 27.8 Å². The van der Waals surface area contributed by atoms with E-state index in [9.17, 15) is 29.1 Å². The second kappa shape index (κ2) is 6.75. The van der Waals surface area contributed by atoms with Gasteiger partial charge in [-0.25, -0.2) is 4.39 Å². The van der Waals surface area contributed by atoms with Crippen LogP contribution in [0.4, 0.5) is 14.5 Å². The normalized spacial score (nSPS) is 13.4. The number of aliphatic hydroxyl groups excluding tert-OH is 2. The van der Waals surface area contributed by atoms with E-state index >= 15 is 0 Å². The van der Waals surface area contributed by atoms with Gasteiger partial charge in [-0.2, -0.15) is 4.39 Å². The molecule has 0 spiro atoms. The predicted molar refractivity (Wildman–Crippen MR) is 62.6 cm³/mol. The Morgan fingerprint density at radius 1 is 1.45 bits per heavy atom. The highest BCUT2D eigenvalue weighted by Gasteiger charge is 2.30. The van der Waals surface area contributed by atoms with Gasteiger partial charge >= 0.3 is 5.69 Å². The molecule has 10 heteroatoms. The van der Waals surface area contributed by atoms with Gasteiger partial charge in [-0.15, -0.1) is 0 Å². The van der Waals surface area contributed by atoms with E-state index in [0.29, 0.717) is 12.1 Å². The first kappa shape index (κ1) is 15.8. The summed E-state index contributed by atoms with van der Waals surface area (Å²) in [5.74, 6) is -2.57. The molecule has 0 amide bonds. The van der Waals surface area contributed by atoms with Crippen LogP contribution in [0.25, 0.3) is 10.4 Å². The zero-order valence-corrected chi connectivity index (χ0v) is 9.98. The highest BCUT2D eigenvalue weighted by Crippen LogP contribution is 2.31. The van der Waals surface area contributed by atoms with Gasteiger partial charge in [-0.1, -0.05) is 5.11 Å². The number of azide groups is 1. The second-order valence-electron chi connectivity index (χ2n) is 3.84. The second-order valence-corrected chi connectivity index (χ2v) is 3.84. The van der Waals surface area contributed by atoms with Crippen LogP contribution in [0.3, 0.4) is 0 Å². The molecule has 2 N–H and O–H groups in total. The van der Waals surface area contributed by atoms with E-state index in [1.54, 1.807) is 0 Å². The molecule has 2 atom stereocenters. The Balaban J connectivity index is 3.10. The Labute approximate surface area is 111 Å². The molecule has 0 bridgehead atoms. The minimum absolute atomic E-state index is 0.180. The van der Waals surface area contributed by atoms with Crippen molar-refractivity contribution in [2.45, 2.75) is 18.6 Å². The van der Waals surface area contributed by atoms with Crippen molar-refractivity contribution in [2.75, 3.05) is 6.54 Å². The number of benzene rings is 1. The maximum absolute atomic E-state index is 13.4. The van der Waals surface area contributed by atoms with Crippen LogP contribution >= 0.6 is 0 Å². The van der Waals surface area contributed by atoms with Crippen molar-refractivity contribution in [1.82, 2.24) is 0 Å². The van der Waals surface area contributed by atoms with E-state index in [1.165, 1.54) is 0 Å². The number of halogens is 2. The average molecular weight is 288 g/mol. The molecular formula is C10H10F2N4O4. The van der Waals surface area contributed by atoms with Gasteiger partial charge in [0.05, 0.1) is 16.6 Å². The zero-order chi connectivity index (χ0) is 15.3. The summed E-state index contributed by atoms with van der Waals surface area (Å²) >= 11 is 0. The minimum atomic E-state index is -1.88. The van der Waals surface area contributed by atoms with Crippen LogP contribution in [0, 0.1) is 21.7 Å². The molecular weight excluding hydrogens is 278 g/mol. The molecule has 108 valence electrons. The van der Waals surface area contributed by atoms with Crippen LogP contribution in [-0.2, 0) is 0 Å². The van der Waals surface area contributed by atoms with Crippen LogP contribution in [0.5, 0.6) is 0 Å². The van der Waals surface area contributed by atoms with Gasteiger partial charge in [0.1, 0.15) is 11.9 Å². The number of nitro benzene ring substituents is 1. The quantitative estimate of drug-likeness (QED) is 0.272. The lowest BCUT2D eigenvalue weighted by Gasteiger charge is -2.17. The molecule has 2 unspecified atom stereocenters. The summed E-state index contributed by atoms with van der Waals surface area (Å²) < 4.78 is 26.4. The molecule has 1 rings (SSSR count). The number of hydrogen-bond acceptors (Lipinski definition) is 5. The van der Waals surface area contributed by atoms with Crippen molar-refractivity contribution in [1.29, 1.82) is 0 Å².